The number of hydrogen-bond donors (Lipinski definition) is 0. The molecule has 0 unspecified atom stereocenters. The molecule has 1 heterocycles. The summed E-state index contributed by atoms with van der Waals surface area (Å²) in [6.07, 6.45) is 13.9. The van der Waals surface area contributed by atoms with E-state index in [1.165, 1.54) is 32.4 Å². The molecule has 1 rings (SSSR count). The van der Waals surface area contributed by atoms with E-state index in [9.17, 15) is 0 Å². The lowest BCUT2D eigenvalue weighted by atomic mass is 10.1. The van der Waals surface area contributed by atoms with E-state index in [-0.39, 0.29) is 0 Å². The van der Waals surface area contributed by atoms with Gasteiger partial charge in [0.1, 0.15) is 0 Å². The van der Waals surface area contributed by atoms with Crippen LogP contribution in [0.1, 0.15) is 32.6 Å². The van der Waals surface area contributed by atoms with Crippen molar-refractivity contribution < 1.29 is 0 Å². The van der Waals surface area contributed by atoms with Gasteiger partial charge in [0.15, 0.2) is 0 Å². The Hall–Kier alpha value is -0.720. The van der Waals surface area contributed by atoms with E-state index >= 15 is 0 Å². The van der Waals surface area contributed by atoms with Gasteiger partial charge in [0.2, 0.25) is 0 Å². The van der Waals surface area contributed by atoms with Gasteiger partial charge in [-0.1, -0.05) is 19.1 Å². The number of piperidine rings is 1. The van der Waals surface area contributed by atoms with Crippen LogP contribution in [0, 0.1) is 0 Å². The van der Waals surface area contributed by atoms with E-state index in [0.29, 0.717) is 0 Å². The third-order valence-electron chi connectivity index (χ3n) is 2.17. The van der Waals surface area contributed by atoms with E-state index in [0.717, 1.165) is 6.42 Å². The first-order valence-corrected chi connectivity index (χ1v) is 5.01. The van der Waals surface area contributed by atoms with E-state index < -0.39 is 0 Å². The summed E-state index contributed by atoms with van der Waals surface area (Å²) in [4.78, 5) is 2.41. The molecule has 0 amide bonds. The molecule has 12 heavy (non-hydrogen) atoms. The lowest BCUT2D eigenvalue weighted by Gasteiger charge is -2.24. The lowest BCUT2D eigenvalue weighted by molar-refractivity contribution is 0.309. The zero-order valence-electron chi connectivity index (χ0n) is 8.00. The highest BCUT2D eigenvalue weighted by Crippen LogP contribution is 2.08. The van der Waals surface area contributed by atoms with Gasteiger partial charge in [0, 0.05) is 13.1 Å². The number of allylic oxidation sites excluding steroid dienone is 3. The van der Waals surface area contributed by atoms with Crippen LogP contribution in [0.4, 0.5) is 0 Å². The van der Waals surface area contributed by atoms with Crippen molar-refractivity contribution in [2.75, 3.05) is 13.1 Å². The maximum Gasteiger partial charge on any atom is 0.0172 e. The molecule has 0 saturated carbocycles. The van der Waals surface area contributed by atoms with Crippen LogP contribution in [0.15, 0.2) is 24.4 Å². The minimum absolute atomic E-state index is 1.13. The molecule has 1 fully saturated rings. The highest BCUT2D eigenvalue weighted by atomic mass is 15.1. The van der Waals surface area contributed by atoms with Crippen LogP contribution in [0.3, 0.4) is 0 Å². The Balaban J connectivity index is 2.19. The Morgan fingerprint density at radius 2 is 1.83 bits per heavy atom. The normalized spacial score (nSPS) is 19.6. The van der Waals surface area contributed by atoms with E-state index in [1.54, 1.807) is 0 Å². The zero-order valence-corrected chi connectivity index (χ0v) is 8.00. The highest BCUT2D eigenvalue weighted by molar-refractivity contribution is 5.01. The van der Waals surface area contributed by atoms with Crippen molar-refractivity contribution in [3.63, 3.8) is 0 Å². The topological polar surface area (TPSA) is 3.24 Å². The van der Waals surface area contributed by atoms with Gasteiger partial charge in [-0.05, 0) is 38.0 Å². The molecule has 0 bridgehead atoms. The SMILES string of the molecule is CCC=CC=CN1CCCCC1. The van der Waals surface area contributed by atoms with Gasteiger partial charge in [-0.2, -0.15) is 0 Å². The second-order valence-electron chi connectivity index (χ2n) is 3.27. The second-order valence-corrected chi connectivity index (χ2v) is 3.27. The van der Waals surface area contributed by atoms with Crippen LogP contribution in [0.5, 0.6) is 0 Å². The molecule has 0 aliphatic carbocycles. The molecule has 68 valence electrons. The third-order valence-corrected chi connectivity index (χ3v) is 2.17. The molecular weight excluding hydrogens is 146 g/mol. The van der Waals surface area contributed by atoms with Gasteiger partial charge in [-0.3, -0.25) is 0 Å². The molecule has 1 saturated heterocycles. The van der Waals surface area contributed by atoms with Crippen molar-refractivity contribution in [2.24, 2.45) is 0 Å². The molecule has 1 aliphatic rings. The molecule has 0 aromatic heterocycles. The van der Waals surface area contributed by atoms with Crippen molar-refractivity contribution in [3.05, 3.63) is 24.4 Å². The average Bonchev–Trinajstić information content (AvgIpc) is 2.14. The van der Waals surface area contributed by atoms with Crippen molar-refractivity contribution in [3.8, 4) is 0 Å². The monoisotopic (exact) mass is 165 g/mol. The van der Waals surface area contributed by atoms with Gasteiger partial charge in [0.05, 0.1) is 0 Å². The molecule has 0 N–H and O–H groups in total. The maximum absolute atomic E-state index is 2.41. The Bertz CT molecular complexity index is 152. The molecule has 1 heteroatoms. The smallest absolute Gasteiger partial charge is 0.0172 e. The van der Waals surface area contributed by atoms with Crippen LogP contribution < -0.4 is 0 Å². The van der Waals surface area contributed by atoms with Crippen molar-refractivity contribution in [1.29, 1.82) is 0 Å². The molecule has 0 radical (unpaired) electrons. The molecule has 1 aliphatic heterocycles. The summed E-state index contributed by atoms with van der Waals surface area (Å²) in [5.74, 6) is 0. The summed E-state index contributed by atoms with van der Waals surface area (Å²) in [5, 5.41) is 0. The number of hydrogen-bond acceptors (Lipinski definition) is 1. The minimum atomic E-state index is 1.13. The van der Waals surface area contributed by atoms with Crippen LogP contribution in [-0.2, 0) is 0 Å². The fourth-order valence-corrected chi connectivity index (χ4v) is 1.45. The first kappa shape index (κ1) is 9.37. The molecule has 0 aromatic rings. The van der Waals surface area contributed by atoms with E-state index in [1.807, 2.05) is 0 Å². The quantitative estimate of drug-likeness (QED) is 0.581. The Labute approximate surface area is 75.8 Å². The minimum Gasteiger partial charge on any atom is -0.377 e. The van der Waals surface area contributed by atoms with Crippen LogP contribution in [0.2, 0.25) is 0 Å². The largest absolute Gasteiger partial charge is 0.377 e. The van der Waals surface area contributed by atoms with Crippen LogP contribution in [-0.4, -0.2) is 18.0 Å². The number of rotatable bonds is 3. The zero-order chi connectivity index (χ0) is 8.65. The molecule has 0 aromatic carbocycles. The maximum atomic E-state index is 2.41. The molecular formula is C11H19N. The van der Waals surface area contributed by atoms with Gasteiger partial charge in [-0.15, -0.1) is 0 Å². The first-order chi connectivity index (χ1) is 5.93. The van der Waals surface area contributed by atoms with Crippen molar-refractivity contribution in [1.82, 2.24) is 4.90 Å². The van der Waals surface area contributed by atoms with E-state index in [4.69, 9.17) is 0 Å². The Morgan fingerprint density at radius 1 is 1.08 bits per heavy atom. The first-order valence-electron chi connectivity index (χ1n) is 5.01. The van der Waals surface area contributed by atoms with Gasteiger partial charge < -0.3 is 4.90 Å². The summed E-state index contributed by atoms with van der Waals surface area (Å²) in [6.45, 7) is 4.65. The number of likely N-dealkylation sites (tertiary alicyclic amines) is 1. The number of nitrogens with zero attached hydrogens (tertiary/aromatic N) is 1. The average molecular weight is 165 g/mol. The highest BCUT2D eigenvalue weighted by Gasteiger charge is 2.03. The van der Waals surface area contributed by atoms with E-state index in [2.05, 4.69) is 36.3 Å². The summed E-state index contributed by atoms with van der Waals surface area (Å²) in [5.41, 5.74) is 0. The molecule has 0 spiro atoms. The third kappa shape index (κ3) is 3.61. The van der Waals surface area contributed by atoms with Gasteiger partial charge >= 0.3 is 0 Å². The predicted octanol–water partition coefficient (Wildman–Crippen LogP) is 2.95. The lowest BCUT2D eigenvalue weighted by Crippen LogP contribution is -2.23. The van der Waals surface area contributed by atoms with Gasteiger partial charge in [-0.25, -0.2) is 0 Å². The van der Waals surface area contributed by atoms with Gasteiger partial charge in [0.25, 0.3) is 0 Å². The fourth-order valence-electron chi connectivity index (χ4n) is 1.45. The van der Waals surface area contributed by atoms with Crippen LogP contribution in [0.25, 0.3) is 0 Å². The Morgan fingerprint density at radius 3 is 2.50 bits per heavy atom. The molecule has 0 atom stereocenters. The second kappa shape index (κ2) is 5.87. The summed E-state index contributed by atoms with van der Waals surface area (Å²) < 4.78 is 0. The summed E-state index contributed by atoms with van der Waals surface area (Å²) in [6, 6.07) is 0. The van der Waals surface area contributed by atoms with Crippen molar-refractivity contribution in [2.45, 2.75) is 32.6 Å². The Kier molecular flexibility index (Phi) is 4.58. The summed E-state index contributed by atoms with van der Waals surface area (Å²) >= 11 is 0. The fraction of sp³-hybridized carbons (Fsp3) is 0.636. The molecule has 1 nitrogen and oxygen atoms in total. The standard InChI is InChI=1S/C11H19N/c1-2-3-4-6-9-12-10-7-5-8-11-12/h3-4,6,9H,2,5,7-8,10-11H2,1H3. The predicted molar refractivity (Wildman–Crippen MR) is 54.0 cm³/mol. The van der Waals surface area contributed by atoms with Crippen LogP contribution >= 0.6 is 0 Å². The summed E-state index contributed by atoms with van der Waals surface area (Å²) in [7, 11) is 0. The van der Waals surface area contributed by atoms with Crippen molar-refractivity contribution >= 4 is 0 Å².